The summed E-state index contributed by atoms with van der Waals surface area (Å²) in [4.78, 5) is 2.03. The van der Waals surface area contributed by atoms with Crippen LogP contribution in [0.1, 0.15) is 30.9 Å². The molecule has 0 N–H and O–H groups in total. The molecule has 0 aromatic heterocycles. The Morgan fingerprint density at radius 2 is 2.05 bits per heavy atom. The van der Waals surface area contributed by atoms with Gasteiger partial charge in [-0.15, -0.1) is 0 Å². The van der Waals surface area contributed by atoms with Gasteiger partial charge in [0.15, 0.2) is 0 Å². The monoisotopic (exact) mass is 268 g/mol. The molecule has 102 valence electrons. The first-order chi connectivity index (χ1) is 8.95. The van der Waals surface area contributed by atoms with Gasteiger partial charge in [-0.1, -0.05) is 0 Å². The molecule has 1 aromatic carbocycles. The Morgan fingerprint density at radius 3 is 2.53 bits per heavy atom. The van der Waals surface area contributed by atoms with Crippen LogP contribution < -0.4 is 4.90 Å². The lowest BCUT2D eigenvalue weighted by molar-refractivity contribution is -0.137. The van der Waals surface area contributed by atoms with Crippen molar-refractivity contribution in [2.75, 3.05) is 18.0 Å². The third kappa shape index (κ3) is 3.19. The molecule has 0 radical (unpaired) electrons. The molecule has 0 bridgehead atoms. The van der Waals surface area contributed by atoms with Crippen molar-refractivity contribution in [2.45, 2.75) is 25.9 Å². The zero-order valence-electron chi connectivity index (χ0n) is 10.7. The van der Waals surface area contributed by atoms with E-state index in [2.05, 4.69) is 0 Å². The zero-order valence-corrected chi connectivity index (χ0v) is 10.7. The average Bonchev–Trinajstić information content (AvgIpc) is 3.18. The molecule has 0 atom stereocenters. The molecule has 0 aliphatic heterocycles. The topological polar surface area (TPSA) is 27.0 Å². The molecule has 0 unspecified atom stereocenters. The summed E-state index contributed by atoms with van der Waals surface area (Å²) in [5, 5.41) is 8.89. The third-order valence-electron chi connectivity index (χ3n) is 3.35. The predicted molar refractivity (Wildman–Crippen MR) is 66.8 cm³/mol. The number of rotatable bonds is 4. The van der Waals surface area contributed by atoms with Gasteiger partial charge in [0.25, 0.3) is 0 Å². The average molecular weight is 268 g/mol. The number of hydrogen-bond acceptors (Lipinski definition) is 2. The van der Waals surface area contributed by atoms with Crippen molar-refractivity contribution in [3.8, 4) is 6.07 Å². The summed E-state index contributed by atoms with van der Waals surface area (Å²) in [7, 11) is 0. The van der Waals surface area contributed by atoms with E-state index in [0.717, 1.165) is 19.2 Å². The highest BCUT2D eigenvalue weighted by Crippen LogP contribution is 2.35. The van der Waals surface area contributed by atoms with Crippen LogP contribution in [0.3, 0.4) is 0 Å². The van der Waals surface area contributed by atoms with E-state index < -0.39 is 11.7 Å². The van der Waals surface area contributed by atoms with Crippen LogP contribution in [0.5, 0.6) is 0 Å². The Kier molecular flexibility index (Phi) is 3.70. The van der Waals surface area contributed by atoms with Crippen LogP contribution >= 0.6 is 0 Å². The summed E-state index contributed by atoms with van der Waals surface area (Å²) in [5.74, 6) is 0.646. The molecule has 1 fully saturated rings. The van der Waals surface area contributed by atoms with E-state index in [4.69, 9.17) is 5.26 Å². The van der Waals surface area contributed by atoms with Crippen molar-refractivity contribution < 1.29 is 13.2 Å². The standard InChI is InChI=1S/C14H15F3N2/c1-2-19(9-10-3-4-10)12-5-6-13(14(15,16)17)11(7-12)8-18/h5-7,10H,2-4,9H2,1H3. The van der Waals surface area contributed by atoms with Gasteiger partial charge in [-0.25, -0.2) is 0 Å². The molecule has 0 heterocycles. The van der Waals surface area contributed by atoms with Crippen molar-refractivity contribution >= 4 is 5.69 Å². The number of benzene rings is 1. The molecule has 0 saturated heterocycles. The van der Waals surface area contributed by atoms with Crippen molar-refractivity contribution in [3.05, 3.63) is 29.3 Å². The summed E-state index contributed by atoms with van der Waals surface area (Å²) >= 11 is 0. The van der Waals surface area contributed by atoms with Crippen molar-refractivity contribution in [1.82, 2.24) is 0 Å². The Bertz CT molecular complexity index is 498. The van der Waals surface area contributed by atoms with Gasteiger partial charge in [-0.05, 0) is 43.9 Å². The number of halogens is 3. The van der Waals surface area contributed by atoms with E-state index in [1.165, 1.54) is 25.0 Å². The minimum absolute atomic E-state index is 0.306. The van der Waals surface area contributed by atoms with Crippen LogP contribution in [0, 0.1) is 17.2 Å². The first-order valence-electron chi connectivity index (χ1n) is 6.32. The first kappa shape index (κ1) is 13.7. The molecule has 1 aliphatic rings. The van der Waals surface area contributed by atoms with Gasteiger partial charge in [0.2, 0.25) is 0 Å². The first-order valence-corrected chi connectivity index (χ1v) is 6.32. The normalized spacial score (nSPS) is 15.1. The van der Waals surface area contributed by atoms with E-state index in [9.17, 15) is 13.2 Å². The van der Waals surface area contributed by atoms with E-state index >= 15 is 0 Å². The van der Waals surface area contributed by atoms with Crippen LogP contribution in [0.15, 0.2) is 18.2 Å². The number of nitriles is 1. The number of alkyl halides is 3. The van der Waals surface area contributed by atoms with Crippen LogP contribution in [0.4, 0.5) is 18.9 Å². The summed E-state index contributed by atoms with van der Waals surface area (Å²) in [5.41, 5.74) is -0.473. The second-order valence-electron chi connectivity index (χ2n) is 4.82. The minimum atomic E-state index is -4.48. The number of nitrogens with zero attached hydrogens (tertiary/aromatic N) is 2. The Hall–Kier alpha value is -1.70. The van der Waals surface area contributed by atoms with Crippen LogP contribution in [-0.4, -0.2) is 13.1 Å². The van der Waals surface area contributed by atoms with Crippen LogP contribution in [-0.2, 0) is 6.18 Å². The molecule has 0 spiro atoms. The molecule has 1 aromatic rings. The van der Waals surface area contributed by atoms with Crippen molar-refractivity contribution in [3.63, 3.8) is 0 Å². The second kappa shape index (κ2) is 5.12. The fraction of sp³-hybridized carbons (Fsp3) is 0.500. The highest BCUT2D eigenvalue weighted by atomic mass is 19.4. The smallest absolute Gasteiger partial charge is 0.371 e. The molecule has 19 heavy (non-hydrogen) atoms. The Morgan fingerprint density at radius 1 is 1.37 bits per heavy atom. The fourth-order valence-corrected chi connectivity index (χ4v) is 2.10. The summed E-state index contributed by atoms with van der Waals surface area (Å²) in [6.07, 6.45) is -2.11. The van der Waals surface area contributed by atoms with Gasteiger partial charge in [0, 0.05) is 18.8 Å². The predicted octanol–water partition coefficient (Wildman–Crippen LogP) is 3.81. The Balaban J connectivity index is 2.29. The molecule has 1 aliphatic carbocycles. The molecular formula is C14H15F3N2. The lowest BCUT2D eigenvalue weighted by Crippen LogP contribution is -2.25. The lowest BCUT2D eigenvalue weighted by atomic mass is 10.1. The summed E-state index contributed by atoms with van der Waals surface area (Å²) in [6, 6.07) is 5.44. The van der Waals surface area contributed by atoms with Crippen molar-refractivity contribution in [2.24, 2.45) is 5.92 Å². The number of anilines is 1. The fourth-order valence-electron chi connectivity index (χ4n) is 2.10. The quantitative estimate of drug-likeness (QED) is 0.830. The molecule has 5 heteroatoms. The van der Waals surface area contributed by atoms with E-state index in [-0.39, 0.29) is 5.56 Å². The molecular weight excluding hydrogens is 253 g/mol. The number of hydrogen-bond donors (Lipinski definition) is 0. The van der Waals surface area contributed by atoms with Gasteiger partial charge in [0.05, 0.1) is 17.2 Å². The summed E-state index contributed by atoms with van der Waals surface area (Å²) < 4.78 is 38.1. The Labute approximate surface area is 110 Å². The molecule has 2 nitrogen and oxygen atoms in total. The SMILES string of the molecule is CCN(CC1CC1)c1ccc(C(F)(F)F)c(C#N)c1. The maximum Gasteiger partial charge on any atom is 0.417 e. The highest BCUT2D eigenvalue weighted by Gasteiger charge is 2.34. The highest BCUT2D eigenvalue weighted by molar-refractivity contribution is 5.55. The van der Waals surface area contributed by atoms with Gasteiger partial charge in [0.1, 0.15) is 0 Å². The maximum atomic E-state index is 12.7. The van der Waals surface area contributed by atoms with Crippen LogP contribution in [0.2, 0.25) is 0 Å². The third-order valence-corrected chi connectivity index (χ3v) is 3.35. The summed E-state index contributed by atoms with van der Waals surface area (Å²) in [6.45, 7) is 3.55. The van der Waals surface area contributed by atoms with E-state index in [0.29, 0.717) is 11.6 Å². The molecule has 2 rings (SSSR count). The maximum absolute atomic E-state index is 12.7. The second-order valence-corrected chi connectivity index (χ2v) is 4.82. The molecule has 0 amide bonds. The minimum Gasteiger partial charge on any atom is -0.371 e. The lowest BCUT2D eigenvalue weighted by Gasteiger charge is -2.24. The van der Waals surface area contributed by atoms with Gasteiger partial charge < -0.3 is 4.90 Å². The van der Waals surface area contributed by atoms with Gasteiger partial charge >= 0.3 is 6.18 Å². The zero-order chi connectivity index (χ0) is 14.0. The van der Waals surface area contributed by atoms with E-state index in [1.807, 2.05) is 11.8 Å². The van der Waals surface area contributed by atoms with E-state index in [1.54, 1.807) is 6.07 Å². The van der Waals surface area contributed by atoms with Gasteiger partial charge in [-0.2, -0.15) is 18.4 Å². The van der Waals surface area contributed by atoms with Crippen LogP contribution in [0.25, 0.3) is 0 Å². The largest absolute Gasteiger partial charge is 0.417 e. The van der Waals surface area contributed by atoms with Crippen molar-refractivity contribution in [1.29, 1.82) is 5.26 Å². The molecule has 1 saturated carbocycles. The van der Waals surface area contributed by atoms with Gasteiger partial charge in [-0.3, -0.25) is 0 Å².